The van der Waals surface area contributed by atoms with Crippen molar-refractivity contribution in [2.45, 2.75) is 31.7 Å². The molecule has 1 aliphatic carbocycles. The van der Waals surface area contributed by atoms with E-state index in [-0.39, 0.29) is 5.41 Å². The summed E-state index contributed by atoms with van der Waals surface area (Å²) in [5.41, 5.74) is 3.57. The van der Waals surface area contributed by atoms with E-state index in [9.17, 15) is 4.79 Å². The van der Waals surface area contributed by atoms with Crippen molar-refractivity contribution in [1.29, 1.82) is 0 Å². The van der Waals surface area contributed by atoms with Crippen molar-refractivity contribution < 1.29 is 14.3 Å². The third-order valence-electron chi connectivity index (χ3n) is 5.31. The number of carbonyl (C=O) groups is 1. The summed E-state index contributed by atoms with van der Waals surface area (Å²) >= 11 is 6.39. The Labute approximate surface area is 162 Å². The molecule has 1 fully saturated rings. The number of aromatic nitrogens is 2. The number of methoxy groups -OCH3 is 2. The van der Waals surface area contributed by atoms with Crippen molar-refractivity contribution in [2.75, 3.05) is 14.2 Å². The van der Waals surface area contributed by atoms with Gasteiger partial charge in [-0.05, 0) is 43.2 Å². The highest BCUT2D eigenvalue weighted by Gasteiger charge is 2.42. The van der Waals surface area contributed by atoms with Crippen LogP contribution in [0.15, 0.2) is 36.4 Å². The summed E-state index contributed by atoms with van der Waals surface area (Å²) in [6.07, 6.45) is 2.31. The second-order valence-electron chi connectivity index (χ2n) is 7.23. The molecule has 0 atom stereocenters. The van der Waals surface area contributed by atoms with Gasteiger partial charge in [-0.2, -0.15) is 0 Å². The minimum absolute atomic E-state index is 0.165. The molecule has 2 aromatic heterocycles. The van der Waals surface area contributed by atoms with Gasteiger partial charge in [-0.25, -0.2) is 9.78 Å². The minimum Gasteiger partial charge on any atom is -0.495 e. The van der Waals surface area contributed by atoms with Gasteiger partial charge in [0.1, 0.15) is 11.4 Å². The predicted molar refractivity (Wildman–Crippen MR) is 105 cm³/mol. The first-order chi connectivity index (χ1) is 12.9. The van der Waals surface area contributed by atoms with Crippen LogP contribution in [0.3, 0.4) is 0 Å². The molecule has 4 rings (SSSR count). The predicted octanol–water partition coefficient (Wildman–Crippen LogP) is 4.58. The molecule has 0 bridgehead atoms. The smallest absolute Gasteiger partial charge is 0.356 e. The number of pyridine rings is 1. The number of fused-ring (bicyclic) bond motifs is 1. The van der Waals surface area contributed by atoms with Crippen molar-refractivity contribution in [2.24, 2.45) is 0 Å². The standard InChI is InChI=1S/C21H21ClN2O3/c1-21(7-8-21)19-10-13-9-18(26-2)15(22)11-17(13)24(19)12-14-5-4-6-16(23-14)20(25)27-3/h4-6,9-11H,7-8,12H2,1-3H3. The molecule has 0 unspecified atom stereocenters. The summed E-state index contributed by atoms with van der Waals surface area (Å²) in [6.45, 7) is 2.83. The van der Waals surface area contributed by atoms with Gasteiger partial charge in [-0.1, -0.05) is 24.6 Å². The maximum Gasteiger partial charge on any atom is 0.356 e. The van der Waals surface area contributed by atoms with E-state index in [2.05, 4.69) is 22.5 Å². The summed E-state index contributed by atoms with van der Waals surface area (Å²) in [5, 5.41) is 1.66. The average molecular weight is 385 g/mol. The maximum absolute atomic E-state index is 11.8. The lowest BCUT2D eigenvalue weighted by Crippen LogP contribution is -2.13. The molecule has 6 heteroatoms. The Balaban J connectivity index is 1.83. The number of hydrogen-bond acceptors (Lipinski definition) is 4. The first-order valence-corrected chi connectivity index (χ1v) is 9.24. The molecule has 0 amide bonds. The van der Waals surface area contributed by atoms with Crippen LogP contribution in [-0.4, -0.2) is 29.7 Å². The van der Waals surface area contributed by atoms with Gasteiger partial charge in [-0.3, -0.25) is 0 Å². The van der Waals surface area contributed by atoms with Crippen molar-refractivity contribution in [3.05, 3.63) is 58.5 Å². The minimum atomic E-state index is -0.434. The lowest BCUT2D eigenvalue weighted by Gasteiger charge is -2.15. The van der Waals surface area contributed by atoms with Crippen LogP contribution in [0.2, 0.25) is 5.02 Å². The number of esters is 1. The molecule has 140 valence electrons. The lowest BCUT2D eigenvalue weighted by atomic mass is 10.1. The average Bonchev–Trinajstić information content (AvgIpc) is 3.33. The number of carbonyl (C=O) groups excluding carboxylic acids is 1. The quantitative estimate of drug-likeness (QED) is 0.604. The third kappa shape index (κ3) is 3.16. The third-order valence-corrected chi connectivity index (χ3v) is 5.61. The van der Waals surface area contributed by atoms with Crippen LogP contribution >= 0.6 is 11.6 Å². The van der Waals surface area contributed by atoms with E-state index in [4.69, 9.17) is 21.1 Å². The molecule has 0 radical (unpaired) electrons. The Morgan fingerprint density at radius 3 is 2.70 bits per heavy atom. The van der Waals surface area contributed by atoms with Gasteiger partial charge in [0, 0.05) is 16.5 Å². The Morgan fingerprint density at radius 2 is 2.04 bits per heavy atom. The molecule has 1 aromatic carbocycles. The number of nitrogens with zero attached hydrogens (tertiary/aromatic N) is 2. The SMILES string of the molecule is COC(=O)c1cccc(Cn2c(C3(C)CC3)cc3cc(OC)c(Cl)cc32)n1. The van der Waals surface area contributed by atoms with Crippen molar-refractivity contribution >= 4 is 28.5 Å². The van der Waals surface area contributed by atoms with Gasteiger partial charge < -0.3 is 14.0 Å². The zero-order chi connectivity index (χ0) is 19.2. The fraction of sp³-hybridized carbons (Fsp3) is 0.333. The van der Waals surface area contributed by atoms with Gasteiger partial charge in [0.25, 0.3) is 0 Å². The number of halogens is 1. The summed E-state index contributed by atoms with van der Waals surface area (Å²) in [7, 11) is 2.98. The molecule has 27 heavy (non-hydrogen) atoms. The van der Waals surface area contributed by atoms with Crippen LogP contribution in [0.4, 0.5) is 0 Å². The van der Waals surface area contributed by atoms with Gasteiger partial charge >= 0.3 is 5.97 Å². The fourth-order valence-electron chi connectivity index (χ4n) is 3.48. The normalized spacial score (nSPS) is 15.0. The molecular formula is C21H21ClN2O3. The van der Waals surface area contributed by atoms with E-state index < -0.39 is 5.97 Å². The van der Waals surface area contributed by atoms with Gasteiger partial charge in [-0.15, -0.1) is 0 Å². The molecule has 0 saturated heterocycles. The Hall–Kier alpha value is -2.53. The van der Waals surface area contributed by atoms with E-state index in [0.29, 0.717) is 23.0 Å². The molecule has 0 spiro atoms. The monoisotopic (exact) mass is 384 g/mol. The second kappa shape index (κ2) is 6.57. The Kier molecular flexibility index (Phi) is 4.35. The maximum atomic E-state index is 11.8. The van der Waals surface area contributed by atoms with Crippen LogP contribution in [0.1, 0.15) is 41.6 Å². The largest absolute Gasteiger partial charge is 0.495 e. The first kappa shape index (κ1) is 17.9. The zero-order valence-corrected chi connectivity index (χ0v) is 16.3. The van der Waals surface area contributed by atoms with Crippen LogP contribution in [0.25, 0.3) is 10.9 Å². The van der Waals surface area contributed by atoms with Crippen molar-refractivity contribution in [3.8, 4) is 5.75 Å². The number of ether oxygens (including phenoxy) is 2. The fourth-order valence-corrected chi connectivity index (χ4v) is 3.72. The highest BCUT2D eigenvalue weighted by molar-refractivity contribution is 6.32. The second-order valence-corrected chi connectivity index (χ2v) is 7.63. The van der Waals surface area contributed by atoms with Crippen LogP contribution < -0.4 is 4.74 Å². The first-order valence-electron chi connectivity index (χ1n) is 8.87. The molecule has 0 N–H and O–H groups in total. The molecule has 5 nitrogen and oxygen atoms in total. The summed E-state index contributed by atoms with van der Waals surface area (Å²) < 4.78 is 12.4. The van der Waals surface area contributed by atoms with E-state index >= 15 is 0 Å². The summed E-state index contributed by atoms with van der Waals surface area (Å²) in [5.74, 6) is 0.232. The summed E-state index contributed by atoms with van der Waals surface area (Å²) in [4.78, 5) is 16.3. The van der Waals surface area contributed by atoms with E-state index in [1.54, 1.807) is 13.2 Å². The number of rotatable bonds is 5. The Bertz CT molecular complexity index is 1040. The van der Waals surface area contributed by atoms with Crippen LogP contribution in [0.5, 0.6) is 5.75 Å². The highest BCUT2D eigenvalue weighted by Crippen LogP contribution is 2.49. The van der Waals surface area contributed by atoms with Gasteiger partial charge in [0.15, 0.2) is 0 Å². The molecule has 3 aromatic rings. The van der Waals surface area contributed by atoms with Crippen molar-refractivity contribution in [1.82, 2.24) is 9.55 Å². The summed E-state index contributed by atoms with van der Waals surface area (Å²) in [6, 6.07) is 11.5. The van der Waals surface area contributed by atoms with Gasteiger partial charge in [0.05, 0.1) is 37.0 Å². The zero-order valence-electron chi connectivity index (χ0n) is 15.6. The van der Waals surface area contributed by atoms with E-state index in [1.807, 2.05) is 24.3 Å². The molecular weight excluding hydrogens is 364 g/mol. The van der Waals surface area contributed by atoms with Crippen LogP contribution in [-0.2, 0) is 16.7 Å². The van der Waals surface area contributed by atoms with E-state index in [0.717, 1.165) is 29.4 Å². The molecule has 2 heterocycles. The number of hydrogen-bond donors (Lipinski definition) is 0. The van der Waals surface area contributed by atoms with E-state index in [1.165, 1.54) is 12.8 Å². The lowest BCUT2D eigenvalue weighted by molar-refractivity contribution is 0.0593. The van der Waals surface area contributed by atoms with Crippen molar-refractivity contribution in [3.63, 3.8) is 0 Å². The Morgan fingerprint density at radius 1 is 1.26 bits per heavy atom. The highest BCUT2D eigenvalue weighted by atomic mass is 35.5. The van der Waals surface area contributed by atoms with Crippen LogP contribution in [0, 0.1) is 0 Å². The molecule has 1 aliphatic rings. The van der Waals surface area contributed by atoms with Gasteiger partial charge in [0.2, 0.25) is 0 Å². The molecule has 1 saturated carbocycles. The topological polar surface area (TPSA) is 53.4 Å². The molecule has 0 aliphatic heterocycles. The number of benzene rings is 1.